The Hall–Kier alpha value is -1.42. The molecule has 2 aromatic carbocycles. The summed E-state index contributed by atoms with van der Waals surface area (Å²) in [6.07, 6.45) is -0.887. The maximum atomic E-state index is 14.4. The average molecular weight is 430 g/mol. The van der Waals surface area contributed by atoms with Gasteiger partial charge in [-0.15, -0.1) is 11.8 Å². The molecular formula is C18H16F4N2P2S. The third kappa shape index (κ3) is 4.37. The molecular weight excluding hydrogens is 414 g/mol. The van der Waals surface area contributed by atoms with Crippen molar-refractivity contribution in [1.29, 1.82) is 0 Å². The number of benzene rings is 2. The van der Waals surface area contributed by atoms with Gasteiger partial charge in [0.1, 0.15) is 11.5 Å². The highest BCUT2D eigenvalue weighted by molar-refractivity contribution is 7.98. The molecule has 0 aliphatic heterocycles. The largest absolute Gasteiger partial charge is 0.263 e. The molecule has 0 spiro atoms. The number of halogens is 4. The second kappa shape index (κ2) is 7.90. The summed E-state index contributed by atoms with van der Waals surface area (Å²) in [5.41, 5.74) is 1.08. The third-order valence-electron chi connectivity index (χ3n) is 3.92. The van der Waals surface area contributed by atoms with E-state index in [0.29, 0.717) is 21.8 Å². The van der Waals surface area contributed by atoms with Gasteiger partial charge in [0.2, 0.25) is 0 Å². The highest BCUT2D eigenvalue weighted by Gasteiger charge is 2.26. The number of hydrogen-bond acceptors (Lipinski definition) is 2. The number of nitrogens with zero attached hydrogens (tertiary/aromatic N) is 2. The van der Waals surface area contributed by atoms with Gasteiger partial charge in [-0.1, -0.05) is 36.7 Å². The molecule has 142 valence electrons. The van der Waals surface area contributed by atoms with Crippen LogP contribution < -0.4 is 0 Å². The number of alkyl halides is 3. The molecule has 0 bridgehead atoms. The van der Waals surface area contributed by atoms with Crippen LogP contribution in [0.3, 0.4) is 0 Å². The molecule has 0 radical (unpaired) electrons. The summed E-state index contributed by atoms with van der Waals surface area (Å²) in [5.74, 6) is -0.418. The van der Waals surface area contributed by atoms with Crippen molar-refractivity contribution in [2.45, 2.75) is 16.5 Å². The first-order valence-electron chi connectivity index (χ1n) is 7.80. The molecule has 1 aromatic heterocycles. The Morgan fingerprint density at radius 3 is 2.44 bits per heavy atom. The highest BCUT2D eigenvalue weighted by atomic mass is 32.2. The van der Waals surface area contributed by atoms with Crippen molar-refractivity contribution in [2.24, 2.45) is 0 Å². The average Bonchev–Trinajstić information content (AvgIpc) is 3.07. The molecule has 0 aliphatic rings. The maximum Gasteiger partial charge on any atom is 0.263 e. The van der Waals surface area contributed by atoms with Crippen molar-refractivity contribution >= 4 is 30.2 Å². The van der Waals surface area contributed by atoms with Crippen LogP contribution in [-0.4, -0.2) is 16.0 Å². The lowest BCUT2D eigenvalue weighted by Gasteiger charge is -2.11. The SMILES string of the molecule is CSc1ccc(-c2cc(C(F)(P)P)nn2-c2cccc(C(F)F)c2)cc1F. The van der Waals surface area contributed by atoms with Crippen LogP contribution in [0.2, 0.25) is 0 Å². The predicted molar refractivity (Wildman–Crippen MR) is 108 cm³/mol. The molecule has 0 N–H and O–H groups in total. The Morgan fingerprint density at radius 1 is 1.11 bits per heavy atom. The van der Waals surface area contributed by atoms with E-state index in [9.17, 15) is 17.6 Å². The maximum absolute atomic E-state index is 14.4. The summed E-state index contributed by atoms with van der Waals surface area (Å²) in [6, 6.07) is 11.8. The van der Waals surface area contributed by atoms with E-state index in [1.54, 1.807) is 24.5 Å². The first-order chi connectivity index (χ1) is 12.7. The quantitative estimate of drug-likeness (QED) is 0.274. The first kappa shape index (κ1) is 20.3. The lowest BCUT2D eigenvalue weighted by molar-refractivity contribution is 0.151. The molecule has 1 heterocycles. The van der Waals surface area contributed by atoms with Gasteiger partial charge in [0.25, 0.3) is 6.43 Å². The van der Waals surface area contributed by atoms with Crippen molar-refractivity contribution < 1.29 is 17.6 Å². The summed E-state index contributed by atoms with van der Waals surface area (Å²) in [7, 11) is 4.02. The number of aromatic nitrogens is 2. The smallest absolute Gasteiger partial charge is 0.233 e. The molecule has 9 heteroatoms. The molecule has 3 aromatic rings. The summed E-state index contributed by atoms with van der Waals surface area (Å²) in [5, 5.41) is 2.32. The van der Waals surface area contributed by atoms with E-state index in [2.05, 4.69) is 5.10 Å². The summed E-state index contributed by atoms with van der Waals surface area (Å²) in [6.45, 7) is 0. The van der Waals surface area contributed by atoms with Gasteiger partial charge in [-0.3, -0.25) is 0 Å². The number of hydrogen-bond donors (Lipinski definition) is 0. The number of thioether (sulfide) groups is 1. The van der Waals surface area contributed by atoms with E-state index in [-0.39, 0.29) is 11.3 Å². The van der Waals surface area contributed by atoms with Crippen LogP contribution >= 0.6 is 30.2 Å². The second-order valence-electron chi connectivity index (χ2n) is 5.84. The van der Waals surface area contributed by atoms with Crippen LogP contribution in [0.15, 0.2) is 53.4 Å². The standard InChI is InChI=1S/C18H16F4N2P2S/c1-27-15-6-5-10(8-13(15)19)14-9-16(18(22,25)26)23-24(14)12-4-2-3-11(7-12)17(20)21/h2-9,17H,25-26H2,1H3. The van der Waals surface area contributed by atoms with Gasteiger partial charge >= 0.3 is 0 Å². The van der Waals surface area contributed by atoms with Crippen molar-refractivity contribution in [3.05, 3.63) is 65.6 Å². The van der Waals surface area contributed by atoms with Crippen molar-refractivity contribution in [3.8, 4) is 16.9 Å². The molecule has 2 atom stereocenters. The molecule has 27 heavy (non-hydrogen) atoms. The van der Waals surface area contributed by atoms with Gasteiger partial charge in [-0.05, 0) is 36.6 Å². The van der Waals surface area contributed by atoms with Gasteiger partial charge in [-0.2, -0.15) is 5.10 Å². The fraction of sp³-hybridized carbons (Fsp3) is 0.167. The van der Waals surface area contributed by atoms with E-state index in [0.717, 1.165) is 0 Å². The lowest BCUT2D eigenvalue weighted by atomic mass is 10.1. The summed E-state index contributed by atoms with van der Waals surface area (Å²) >= 11 is 1.27. The molecule has 0 fully saturated rings. The van der Waals surface area contributed by atoms with E-state index < -0.39 is 17.4 Å². The molecule has 0 saturated carbocycles. The van der Waals surface area contributed by atoms with Gasteiger partial charge in [-0.25, -0.2) is 22.2 Å². The lowest BCUT2D eigenvalue weighted by Crippen LogP contribution is -2.04. The van der Waals surface area contributed by atoms with Gasteiger partial charge in [0.05, 0.1) is 11.4 Å². The second-order valence-corrected chi connectivity index (χ2v) is 9.03. The van der Waals surface area contributed by atoms with E-state index >= 15 is 0 Å². The molecule has 0 amide bonds. The molecule has 3 rings (SSSR count). The van der Waals surface area contributed by atoms with Crippen LogP contribution in [-0.2, 0) is 5.15 Å². The minimum Gasteiger partial charge on any atom is -0.233 e. The molecule has 0 saturated heterocycles. The molecule has 2 nitrogen and oxygen atoms in total. The van der Waals surface area contributed by atoms with Gasteiger partial charge in [0, 0.05) is 16.0 Å². The Kier molecular flexibility index (Phi) is 5.95. The minimum atomic E-state index is -2.65. The zero-order valence-corrected chi connectivity index (χ0v) is 17.3. The first-order valence-corrected chi connectivity index (χ1v) is 10.2. The topological polar surface area (TPSA) is 17.8 Å². The monoisotopic (exact) mass is 430 g/mol. The number of rotatable bonds is 5. The van der Waals surface area contributed by atoms with Crippen LogP contribution in [0.25, 0.3) is 16.9 Å². The molecule has 0 aliphatic carbocycles. The van der Waals surface area contributed by atoms with E-state index in [1.165, 1.54) is 46.8 Å². The van der Waals surface area contributed by atoms with Gasteiger partial charge < -0.3 is 0 Å². The third-order valence-corrected chi connectivity index (χ3v) is 5.28. The van der Waals surface area contributed by atoms with Crippen LogP contribution in [0, 0.1) is 5.82 Å². The van der Waals surface area contributed by atoms with Crippen molar-refractivity contribution in [2.75, 3.05) is 6.26 Å². The van der Waals surface area contributed by atoms with Crippen molar-refractivity contribution in [3.63, 3.8) is 0 Å². The fourth-order valence-electron chi connectivity index (χ4n) is 2.59. The van der Waals surface area contributed by atoms with Crippen LogP contribution in [0.4, 0.5) is 17.6 Å². The molecule has 2 unspecified atom stereocenters. The zero-order valence-electron chi connectivity index (χ0n) is 14.2. The van der Waals surface area contributed by atoms with Crippen LogP contribution in [0.5, 0.6) is 0 Å². The Bertz CT molecular complexity index is 970. The predicted octanol–water partition coefficient (Wildman–Crippen LogP) is 6.17. The Balaban J connectivity index is 2.20. The van der Waals surface area contributed by atoms with Crippen LogP contribution in [0.1, 0.15) is 17.7 Å². The Morgan fingerprint density at radius 2 is 1.85 bits per heavy atom. The highest BCUT2D eigenvalue weighted by Crippen LogP contribution is 2.41. The fourth-order valence-corrected chi connectivity index (χ4v) is 3.33. The summed E-state index contributed by atoms with van der Waals surface area (Å²) in [4.78, 5) is 0.474. The van der Waals surface area contributed by atoms with Gasteiger partial charge in [0.15, 0.2) is 5.15 Å². The van der Waals surface area contributed by atoms with Crippen molar-refractivity contribution in [1.82, 2.24) is 9.78 Å². The Labute approximate surface area is 163 Å². The minimum absolute atomic E-state index is 0.0595. The summed E-state index contributed by atoms with van der Waals surface area (Å²) < 4.78 is 56.1. The van der Waals surface area contributed by atoms with E-state index in [4.69, 9.17) is 0 Å². The van der Waals surface area contributed by atoms with E-state index in [1.807, 2.05) is 18.5 Å². The zero-order chi connectivity index (χ0) is 19.8. The normalized spacial score (nSPS) is 12.0.